The van der Waals surface area contributed by atoms with Crippen molar-refractivity contribution in [3.05, 3.63) is 89.4 Å². The van der Waals surface area contributed by atoms with E-state index < -0.39 is 28.5 Å². The van der Waals surface area contributed by atoms with Gasteiger partial charge in [0.15, 0.2) is 0 Å². The van der Waals surface area contributed by atoms with Gasteiger partial charge in [0.25, 0.3) is 10.0 Å². The normalized spacial score (nSPS) is 12.7. The van der Waals surface area contributed by atoms with Crippen LogP contribution in [-0.4, -0.2) is 50.9 Å². The van der Waals surface area contributed by atoms with E-state index in [2.05, 4.69) is 5.32 Å². The molecular formula is C29H34ClN3O5S. The third-order valence-electron chi connectivity index (χ3n) is 6.39. The van der Waals surface area contributed by atoms with Gasteiger partial charge in [-0.2, -0.15) is 0 Å². The fourth-order valence-electron chi connectivity index (χ4n) is 3.86. The van der Waals surface area contributed by atoms with Crippen molar-refractivity contribution in [1.29, 1.82) is 0 Å². The molecule has 1 N–H and O–H groups in total. The molecule has 0 aromatic heterocycles. The lowest BCUT2D eigenvalue weighted by Crippen LogP contribution is -2.52. The lowest BCUT2D eigenvalue weighted by molar-refractivity contribution is -0.139. The first-order chi connectivity index (χ1) is 18.6. The van der Waals surface area contributed by atoms with Crippen LogP contribution in [0.15, 0.2) is 83.8 Å². The summed E-state index contributed by atoms with van der Waals surface area (Å²) >= 11 is 6.20. The van der Waals surface area contributed by atoms with E-state index in [0.29, 0.717) is 10.8 Å². The highest BCUT2D eigenvalue weighted by Gasteiger charge is 2.33. The smallest absolute Gasteiger partial charge is 0.264 e. The van der Waals surface area contributed by atoms with E-state index in [-0.39, 0.29) is 29.1 Å². The zero-order valence-corrected chi connectivity index (χ0v) is 24.1. The number of carbonyl (C=O) groups is 2. The van der Waals surface area contributed by atoms with Gasteiger partial charge in [0.2, 0.25) is 11.8 Å². The third-order valence-corrected chi connectivity index (χ3v) is 8.41. The van der Waals surface area contributed by atoms with Crippen LogP contribution in [-0.2, 0) is 26.2 Å². The quantitative estimate of drug-likeness (QED) is 0.334. The Hall–Kier alpha value is -3.56. The van der Waals surface area contributed by atoms with Gasteiger partial charge in [-0.25, -0.2) is 8.42 Å². The predicted octanol–water partition coefficient (Wildman–Crippen LogP) is 4.88. The Labute approximate surface area is 235 Å². The predicted molar refractivity (Wildman–Crippen MR) is 153 cm³/mol. The lowest BCUT2D eigenvalue weighted by Gasteiger charge is -2.32. The molecule has 0 aliphatic heterocycles. The van der Waals surface area contributed by atoms with E-state index in [4.69, 9.17) is 16.3 Å². The fourth-order valence-corrected chi connectivity index (χ4v) is 5.45. The molecular weight excluding hydrogens is 538 g/mol. The van der Waals surface area contributed by atoms with Gasteiger partial charge in [-0.05, 0) is 68.3 Å². The van der Waals surface area contributed by atoms with E-state index in [1.54, 1.807) is 25.1 Å². The number of ether oxygens (including phenoxy) is 1. The van der Waals surface area contributed by atoms with Crippen LogP contribution in [0, 0.1) is 0 Å². The molecule has 0 unspecified atom stereocenters. The molecule has 0 aliphatic rings. The summed E-state index contributed by atoms with van der Waals surface area (Å²) in [4.78, 5) is 28.3. The van der Waals surface area contributed by atoms with Gasteiger partial charge in [-0.15, -0.1) is 0 Å². The molecule has 0 radical (unpaired) electrons. The SMILES string of the molecule is CC[C@@H](C)NC(=O)[C@H](C)N(Cc1ccccc1)C(=O)CN(c1cccc(Cl)c1)S(=O)(=O)c1ccc(OC)cc1. The summed E-state index contributed by atoms with van der Waals surface area (Å²) in [5, 5.41) is 3.23. The minimum absolute atomic E-state index is 0.0201. The van der Waals surface area contributed by atoms with Crippen LogP contribution in [0.2, 0.25) is 5.02 Å². The molecule has 3 aromatic rings. The monoisotopic (exact) mass is 571 g/mol. The van der Waals surface area contributed by atoms with E-state index in [1.165, 1.54) is 42.3 Å². The topological polar surface area (TPSA) is 96.0 Å². The summed E-state index contributed by atoms with van der Waals surface area (Å²) < 4.78 is 33.8. The number of amides is 2. The first-order valence-corrected chi connectivity index (χ1v) is 14.4. The molecule has 3 rings (SSSR count). The van der Waals surface area contributed by atoms with Crippen molar-refractivity contribution in [2.75, 3.05) is 18.0 Å². The Balaban J connectivity index is 2.01. The van der Waals surface area contributed by atoms with Crippen molar-refractivity contribution in [3.63, 3.8) is 0 Å². The van der Waals surface area contributed by atoms with Crippen molar-refractivity contribution >= 4 is 39.1 Å². The zero-order chi connectivity index (χ0) is 28.6. The fraction of sp³-hybridized carbons (Fsp3) is 0.310. The number of hydrogen-bond donors (Lipinski definition) is 1. The first kappa shape index (κ1) is 30.0. The first-order valence-electron chi connectivity index (χ1n) is 12.6. The maximum Gasteiger partial charge on any atom is 0.264 e. The van der Waals surface area contributed by atoms with Gasteiger partial charge in [0, 0.05) is 17.6 Å². The molecule has 2 atom stereocenters. The highest BCUT2D eigenvalue weighted by Crippen LogP contribution is 2.28. The second-order valence-electron chi connectivity index (χ2n) is 9.17. The Morgan fingerprint density at radius 2 is 1.64 bits per heavy atom. The maximum absolute atomic E-state index is 13.9. The van der Waals surface area contributed by atoms with Gasteiger partial charge in [-0.3, -0.25) is 13.9 Å². The molecule has 8 nitrogen and oxygen atoms in total. The number of sulfonamides is 1. The van der Waals surface area contributed by atoms with Crippen LogP contribution in [0.1, 0.15) is 32.8 Å². The molecule has 0 spiro atoms. The molecule has 0 aliphatic carbocycles. The molecule has 0 heterocycles. The number of rotatable bonds is 12. The lowest BCUT2D eigenvalue weighted by atomic mass is 10.1. The Kier molecular flexibility index (Phi) is 10.4. The van der Waals surface area contributed by atoms with Crippen LogP contribution in [0.5, 0.6) is 5.75 Å². The highest BCUT2D eigenvalue weighted by atomic mass is 35.5. The second kappa shape index (κ2) is 13.5. The molecule has 0 fully saturated rings. The molecule has 0 bridgehead atoms. The second-order valence-corrected chi connectivity index (χ2v) is 11.5. The standard InChI is InChI=1S/C29H34ClN3O5S/c1-5-21(2)31-29(35)22(3)32(19-23-10-7-6-8-11-23)28(34)20-33(25-13-9-12-24(30)18-25)39(36,37)27-16-14-26(38-4)15-17-27/h6-18,21-22H,5,19-20H2,1-4H3,(H,31,35)/t21-,22+/m1/s1. The summed E-state index contributed by atoms with van der Waals surface area (Å²) in [6.45, 7) is 5.06. The van der Waals surface area contributed by atoms with Gasteiger partial charge < -0.3 is 15.0 Å². The average Bonchev–Trinajstić information content (AvgIpc) is 2.94. The van der Waals surface area contributed by atoms with Crippen LogP contribution in [0.4, 0.5) is 5.69 Å². The maximum atomic E-state index is 13.9. The summed E-state index contributed by atoms with van der Waals surface area (Å²) in [5.41, 5.74) is 1.03. The summed E-state index contributed by atoms with van der Waals surface area (Å²) in [6, 6.07) is 20.5. The van der Waals surface area contributed by atoms with E-state index >= 15 is 0 Å². The Morgan fingerprint density at radius 1 is 0.974 bits per heavy atom. The summed E-state index contributed by atoms with van der Waals surface area (Å²) in [5.74, 6) is -0.363. The van der Waals surface area contributed by atoms with Gasteiger partial charge in [0.1, 0.15) is 18.3 Å². The largest absolute Gasteiger partial charge is 0.497 e. The summed E-state index contributed by atoms with van der Waals surface area (Å²) in [7, 11) is -2.71. The summed E-state index contributed by atoms with van der Waals surface area (Å²) in [6.07, 6.45) is 0.730. The molecule has 3 aromatic carbocycles. The molecule has 2 amide bonds. The molecule has 39 heavy (non-hydrogen) atoms. The van der Waals surface area contributed by atoms with E-state index in [9.17, 15) is 18.0 Å². The van der Waals surface area contributed by atoms with E-state index in [0.717, 1.165) is 16.3 Å². The van der Waals surface area contributed by atoms with Crippen molar-refractivity contribution in [2.24, 2.45) is 0 Å². The van der Waals surface area contributed by atoms with Crippen molar-refractivity contribution < 1.29 is 22.7 Å². The number of hydrogen-bond acceptors (Lipinski definition) is 5. The van der Waals surface area contributed by atoms with Crippen LogP contribution in [0.3, 0.4) is 0 Å². The van der Waals surface area contributed by atoms with Crippen LogP contribution < -0.4 is 14.4 Å². The van der Waals surface area contributed by atoms with Crippen LogP contribution >= 0.6 is 11.6 Å². The number of anilines is 1. The van der Waals surface area contributed by atoms with Crippen molar-refractivity contribution in [1.82, 2.24) is 10.2 Å². The number of carbonyl (C=O) groups excluding carboxylic acids is 2. The number of methoxy groups -OCH3 is 1. The third kappa shape index (κ3) is 7.74. The van der Waals surface area contributed by atoms with Gasteiger partial charge in [-0.1, -0.05) is 54.9 Å². The minimum Gasteiger partial charge on any atom is -0.497 e. The number of halogens is 1. The average molecular weight is 572 g/mol. The Morgan fingerprint density at radius 3 is 2.23 bits per heavy atom. The minimum atomic E-state index is -4.20. The van der Waals surface area contributed by atoms with Gasteiger partial charge >= 0.3 is 0 Å². The van der Waals surface area contributed by atoms with Crippen molar-refractivity contribution in [2.45, 2.75) is 50.7 Å². The molecule has 10 heteroatoms. The molecule has 0 saturated carbocycles. The number of nitrogens with zero attached hydrogens (tertiary/aromatic N) is 2. The van der Waals surface area contributed by atoms with Crippen molar-refractivity contribution in [3.8, 4) is 5.75 Å². The Bertz CT molecular complexity index is 1370. The number of benzene rings is 3. The van der Waals surface area contributed by atoms with Crippen LogP contribution in [0.25, 0.3) is 0 Å². The van der Waals surface area contributed by atoms with Gasteiger partial charge in [0.05, 0.1) is 17.7 Å². The molecule has 208 valence electrons. The molecule has 0 saturated heterocycles. The van der Waals surface area contributed by atoms with E-state index in [1.807, 2.05) is 44.2 Å². The highest BCUT2D eigenvalue weighted by molar-refractivity contribution is 7.92. The zero-order valence-electron chi connectivity index (χ0n) is 22.5. The number of nitrogens with one attached hydrogen (secondary N) is 1.